The second-order valence-corrected chi connectivity index (χ2v) is 6.36. The summed E-state index contributed by atoms with van der Waals surface area (Å²) >= 11 is 3.29. The molecular formula is C18H12BrNO7. The van der Waals surface area contributed by atoms with Gasteiger partial charge in [-0.15, -0.1) is 0 Å². The molecule has 2 aromatic carbocycles. The number of hydrogen-bond acceptors (Lipinski definition) is 7. The first-order valence-electron chi connectivity index (χ1n) is 7.61. The zero-order chi connectivity index (χ0) is 19.6. The number of ether oxygens (including phenoxy) is 2. The number of hydrogen-bond donors (Lipinski definition) is 0. The molecule has 0 aliphatic heterocycles. The van der Waals surface area contributed by atoms with Gasteiger partial charge >= 0.3 is 11.6 Å². The fraction of sp³-hybridized carbons (Fsp3) is 0.111. The van der Waals surface area contributed by atoms with Crippen LogP contribution in [0.15, 0.2) is 56.1 Å². The molecule has 0 bridgehead atoms. The van der Waals surface area contributed by atoms with Crippen LogP contribution in [0.1, 0.15) is 15.9 Å². The van der Waals surface area contributed by atoms with E-state index in [1.165, 1.54) is 25.3 Å². The number of nitrogens with zero attached hydrogens (tertiary/aromatic N) is 1. The summed E-state index contributed by atoms with van der Waals surface area (Å²) in [7, 11) is 1.34. The Morgan fingerprint density at radius 2 is 2.00 bits per heavy atom. The number of rotatable bonds is 5. The molecule has 8 nitrogen and oxygen atoms in total. The van der Waals surface area contributed by atoms with E-state index in [-0.39, 0.29) is 23.6 Å². The van der Waals surface area contributed by atoms with Crippen LogP contribution >= 0.6 is 15.9 Å². The van der Waals surface area contributed by atoms with E-state index in [1.54, 1.807) is 18.2 Å². The van der Waals surface area contributed by atoms with Crippen molar-refractivity contribution < 1.29 is 23.6 Å². The Morgan fingerprint density at radius 3 is 2.70 bits per heavy atom. The minimum Gasteiger partial charge on any atom is -0.496 e. The van der Waals surface area contributed by atoms with E-state index < -0.39 is 16.5 Å². The third-order valence-electron chi connectivity index (χ3n) is 3.76. The molecule has 3 aromatic rings. The van der Waals surface area contributed by atoms with Crippen molar-refractivity contribution in [1.29, 1.82) is 0 Å². The van der Waals surface area contributed by atoms with E-state index in [1.807, 2.05) is 0 Å². The van der Waals surface area contributed by atoms with Gasteiger partial charge in [-0.2, -0.15) is 0 Å². The van der Waals surface area contributed by atoms with Crippen molar-refractivity contribution in [3.63, 3.8) is 0 Å². The minimum absolute atomic E-state index is 0.0817. The van der Waals surface area contributed by atoms with E-state index >= 15 is 0 Å². The molecule has 1 heterocycles. The third kappa shape index (κ3) is 3.98. The van der Waals surface area contributed by atoms with Crippen LogP contribution in [0.5, 0.6) is 5.75 Å². The number of carbonyl (C=O) groups excluding carboxylic acids is 1. The molecule has 0 unspecified atom stereocenters. The summed E-state index contributed by atoms with van der Waals surface area (Å²) in [6.07, 6.45) is 0. The molecule has 0 amide bonds. The summed E-state index contributed by atoms with van der Waals surface area (Å²) in [6, 6.07) is 9.97. The highest BCUT2D eigenvalue weighted by molar-refractivity contribution is 9.10. The average Bonchev–Trinajstić information content (AvgIpc) is 2.64. The number of nitro groups is 1. The summed E-state index contributed by atoms with van der Waals surface area (Å²) < 4.78 is 16.2. The van der Waals surface area contributed by atoms with Gasteiger partial charge in [0.2, 0.25) is 0 Å². The van der Waals surface area contributed by atoms with Crippen LogP contribution in [0.3, 0.4) is 0 Å². The quantitative estimate of drug-likeness (QED) is 0.260. The average molecular weight is 434 g/mol. The summed E-state index contributed by atoms with van der Waals surface area (Å²) in [5, 5.41) is 11.5. The van der Waals surface area contributed by atoms with Gasteiger partial charge in [0.05, 0.1) is 12.0 Å². The number of non-ortho nitro benzene ring substituents is 1. The molecule has 0 aliphatic rings. The van der Waals surface area contributed by atoms with Gasteiger partial charge in [0, 0.05) is 33.6 Å². The van der Waals surface area contributed by atoms with Crippen LogP contribution in [-0.2, 0) is 11.3 Å². The molecule has 3 rings (SSSR count). The van der Waals surface area contributed by atoms with Crippen LogP contribution in [0.25, 0.3) is 11.0 Å². The highest BCUT2D eigenvalue weighted by Gasteiger charge is 2.19. The van der Waals surface area contributed by atoms with E-state index in [2.05, 4.69) is 15.9 Å². The molecule has 138 valence electrons. The normalized spacial score (nSPS) is 10.6. The summed E-state index contributed by atoms with van der Waals surface area (Å²) in [5.41, 5.74) is -0.137. The first kappa shape index (κ1) is 18.6. The fourth-order valence-corrected chi connectivity index (χ4v) is 2.85. The number of nitro benzene ring substituents is 1. The number of methoxy groups -OCH3 is 1. The molecule has 0 aliphatic carbocycles. The van der Waals surface area contributed by atoms with Crippen LogP contribution < -0.4 is 10.4 Å². The standard InChI is InChI=1S/C18H12BrNO7/c1-25-15-5-3-12(20(23)24)8-14(15)18(22)26-9-10-6-17(21)27-16-7-11(19)2-4-13(10)16/h2-8H,9H2,1H3. The fourth-order valence-electron chi connectivity index (χ4n) is 2.51. The van der Waals surface area contributed by atoms with Crippen molar-refractivity contribution in [2.24, 2.45) is 0 Å². The molecule has 0 N–H and O–H groups in total. The van der Waals surface area contributed by atoms with E-state index in [4.69, 9.17) is 13.9 Å². The molecule has 0 spiro atoms. The Balaban J connectivity index is 1.90. The Bertz CT molecular complexity index is 1110. The second kappa shape index (κ2) is 7.58. The van der Waals surface area contributed by atoms with Crippen LogP contribution in [-0.4, -0.2) is 18.0 Å². The largest absolute Gasteiger partial charge is 0.496 e. The Hall–Kier alpha value is -3.20. The zero-order valence-electron chi connectivity index (χ0n) is 13.9. The molecule has 0 fully saturated rings. The maximum Gasteiger partial charge on any atom is 0.342 e. The van der Waals surface area contributed by atoms with Crippen molar-refractivity contribution in [3.05, 3.63) is 78.6 Å². The highest BCUT2D eigenvalue weighted by atomic mass is 79.9. The molecule has 0 atom stereocenters. The third-order valence-corrected chi connectivity index (χ3v) is 4.26. The summed E-state index contributed by atoms with van der Waals surface area (Å²) in [4.78, 5) is 34.5. The molecule has 0 saturated heterocycles. The zero-order valence-corrected chi connectivity index (χ0v) is 15.5. The molecule has 9 heteroatoms. The first-order valence-corrected chi connectivity index (χ1v) is 8.40. The van der Waals surface area contributed by atoms with E-state index in [0.29, 0.717) is 16.5 Å². The smallest absolute Gasteiger partial charge is 0.342 e. The number of esters is 1. The van der Waals surface area contributed by atoms with Gasteiger partial charge < -0.3 is 13.9 Å². The van der Waals surface area contributed by atoms with Gasteiger partial charge in [0.25, 0.3) is 5.69 Å². The molecule has 0 radical (unpaired) electrons. The van der Waals surface area contributed by atoms with E-state index in [9.17, 15) is 19.7 Å². The van der Waals surface area contributed by atoms with Gasteiger partial charge in [-0.3, -0.25) is 10.1 Å². The lowest BCUT2D eigenvalue weighted by molar-refractivity contribution is -0.384. The predicted molar refractivity (Wildman–Crippen MR) is 99.0 cm³/mol. The van der Waals surface area contributed by atoms with Gasteiger partial charge in [-0.05, 0) is 24.3 Å². The Morgan fingerprint density at radius 1 is 1.22 bits per heavy atom. The van der Waals surface area contributed by atoms with Gasteiger partial charge in [0.1, 0.15) is 23.5 Å². The van der Waals surface area contributed by atoms with Gasteiger partial charge in [-0.1, -0.05) is 15.9 Å². The Labute approximate surface area is 160 Å². The topological polar surface area (TPSA) is 109 Å². The number of benzene rings is 2. The van der Waals surface area contributed by atoms with Crippen molar-refractivity contribution >= 4 is 38.6 Å². The van der Waals surface area contributed by atoms with Crippen LogP contribution in [0.2, 0.25) is 0 Å². The lowest BCUT2D eigenvalue weighted by atomic mass is 10.1. The van der Waals surface area contributed by atoms with Crippen molar-refractivity contribution in [2.75, 3.05) is 7.11 Å². The van der Waals surface area contributed by atoms with Crippen molar-refractivity contribution in [2.45, 2.75) is 6.61 Å². The Kier molecular flexibility index (Phi) is 5.22. The van der Waals surface area contributed by atoms with E-state index in [0.717, 1.165) is 10.5 Å². The monoisotopic (exact) mass is 433 g/mol. The van der Waals surface area contributed by atoms with Gasteiger partial charge in [-0.25, -0.2) is 9.59 Å². The maximum absolute atomic E-state index is 12.4. The van der Waals surface area contributed by atoms with Crippen LogP contribution in [0.4, 0.5) is 5.69 Å². The second-order valence-electron chi connectivity index (χ2n) is 5.45. The lowest BCUT2D eigenvalue weighted by Crippen LogP contribution is -2.09. The summed E-state index contributed by atoms with van der Waals surface area (Å²) in [6.45, 7) is -0.214. The molecule has 1 aromatic heterocycles. The minimum atomic E-state index is -0.811. The molecule has 0 saturated carbocycles. The first-order chi connectivity index (χ1) is 12.9. The van der Waals surface area contributed by atoms with Crippen molar-refractivity contribution in [3.8, 4) is 5.75 Å². The number of carbonyl (C=O) groups is 1. The predicted octanol–water partition coefficient (Wildman–Crippen LogP) is 3.83. The lowest BCUT2D eigenvalue weighted by Gasteiger charge is -2.10. The van der Waals surface area contributed by atoms with Gasteiger partial charge in [0.15, 0.2) is 0 Å². The molecule has 27 heavy (non-hydrogen) atoms. The van der Waals surface area contributed by atoms with Crippen molar-refractivity contribution in [1.82, 2.24) is 0 Å². The SMILES string of the molecule is COc1ccc([N+](=O)[O-])cc1C(=O)OCc1cc(=O)oc2cc(Br)ccc12. The van der Waals surface area contributed by atoms with Crippen LogP contribution in [0, 0.1) is 10.1 Å². The molecular weight excluding hydrogens is 422 g/mol. The number of fused-ring (bicyclic) bond motifs is 1. The highest BCUT2D eigenvalue weighted by Crippen LogP contribution is 2.26. The number of halogens is 1. The maximum atomic E-state index is 12.4. The summed E-state index contributed by atoms with van der Waals surface area (Å²) in [5.74, 6) is -0.666.